The molecule has 4 heteroatoms. The van der Waals surface area contributed by atoms with E-state index in [0.29, 0.717) is 18.0 Å². The van der Waals surface area contributed by atoms with Gasteiger partial charge in [0.05, 0.1) is 22.1 Å². The summed E-state index contributed by atoms with van der Waals surface area (Å²) in [7, 11) is 0. The molecule has 9 rings (SSSR count). The van der Waals surface area contributed by atoms with E-state index >= 15 is 0 Å². The standard InChI is InChI=1S/C41H28N2O2/c42-40-38(44-25-26-17-21-30(22-18-26)43-35-14-6-3-11-31(35)32-12-4-7-15-36(32)43)24-34(29-20-19-27-9-1-2-10-28(27)23-29)41-39(40)33-13-5-8-16-37(33)45-41/h1-24H,25,42H2. The molecular weight excluding hydrogens is 552 g/mol. The summed E-state index contributed by atoms with van der Waals surface area (Å²) in [6.07, 6.45) is 0. The molecule has 0 aliphatic heterocycles. The van der Waals surface area contributed by atoms with Gasteiger partial charge in [0.1, 0.15) is 23.5 Å². The molecule has 214 valence electrons. The number of nitrogens with zero attached hydrogens (tertiary/aromatic N) is 1. The molecule has 45 heavy (non-hydrogen) atoms. The zero-order valence-electron chi connectivity index (χ0n) is 24.4. The minimum Gasteiger partial charge on any atom is -0.487 e. The minimum absolute atomic E-state index is 0.385. The highest BCUT2D eigenvalue weighted by Gasteiger charge is 2.20. The molecule has 0 atom stereocenters. The lowest BCUT2D eigenvalue weighted by molar-refractivity contribution is 0.308. The van der Waals surface area contributed by atoms with Gasteiger partial charge in [0.15, 0.2) is 0 Å². The van der Waals surface area contributed by atoms with Crippen LogP contribution in [0.5, 0.6) is 5.75 Å². The van der Waals surface area contributed by atoms with E-state index in [9.17, 15) is 0 Å². The van der Waals surface area contributed by atoms with Gasteiger partial charge in [-0.25, -0.2) is 0 Å². The fraction of sp³-hybridized carbons (Fsp3) is 0.0244. The second kappa shape index (κ2) is 10.0. The fourth-order valence-corrected chi connectivity index (χ4v) is 6.69. The van der Waals surface area contributed by atoms with Crippen LogP contribution in [-0.2, 0) is 6.61 Å². The van der Waals surface area contributed by atoms with Crippen LogP contribution < -0.4 is 10.5 Å². The Balaban J connectivity index is 1.11. The van der Waals surface area contributed by atoms with Gasteiger partial charge < -0.3 is 19.5 Å². The van der Waals surface area contributed by atoms with Crippen LogP contribution in [0.25, 0.3) is 71.3 Å². The van der Waals surface area contributed by atoms with Gasteiger partial charge in [0, 0.05) is 27.4 Å². The molecule has 7 aromatic carbocycles. The number of anilines is 1. The van der Waals surface area contributed by atoms with Crippen molar-refractivity contribution in [3.63, 3.8) is 0 Å². The van der Waals surface area contributed by atoms with Crippen molar-refractivity contribution in [2.45, 2.75) is 6.61 Å². The van der Waals surface area contributed by atoms with E-state index in [-0.39, 0.29) is 0 Å². The normalized spacial score (nSPS) is 11.7. The Kier molecular flexibility index (Phi) is 5.69. The number of hydrogen-bond donors (Lipinski definition) is 1. The number of furan rings is 1. The molecule has 0 aliphatic carbocycles. The third kappa shape index (κ3) is 4.07. The number of aromatic nitrogens is 1. The van der Waals surface area contributed by atoms with Gasteiger partial charge in [-0.1, -0.05) is 103 Å². The zero-order valence-corrected chi connectivity index (χ0v) is 24.4. The summed E-state index contributed by atoms with van der Waals surface area (Å²) in [6.45, 7) is 0.385. The van der Waals surface area contributed by atoms with Crippen molar-refractivity contribution in [2.75, 3.05) is 5.73 Å². The van der Waals surface area contributed by atoms with E-state index < -0.39 is 0 Å². The van der Waals surface area contributed by atoms with Crippen LogP contribution in [0.4, 0.5) is 5.69 Å². The maximum Gasteiger partial charge on any atom is 0.145 e. The highest BCUT2D eigenvalue weighted by Crippen LogP contribution is 2.44. The number of fused-ring (bicyclic) bond motifs is 7. The quantitative estimate of drug-likeness (QED) is 0.206. The highest BCUT2D eigenvalue weighted by atomic mass is 16.5. The highest BCUT2D eigenvalue weighted by molar-refractivity contribution is 6.16. The van der Waals surface area contributed by atoms with Gasteiger partial charge in [-0.3, -0.25) is 0 Å². The number of hydrogen-bond acceptors (Lipinski definition) is 3. The van der Waals surface area contributed by atoms with E-state index in [0.717, 1.165) is 44.3 Å². The summed E-state index contributed by atoms with van der Waals surface area (Å²) >= 11 is 0. The van der Waals surface area contributed by atoms with Crippen LogP contribution in [0.2, 0.25) is 0 Å². The number of nitrogen functional groups attached to an aromatic ring is 1. The first-order chi connectivity index (χ1) is 22.2. The summed E-state index contributed by atoms with van der Waals surface area (Å²) in [5.41, 5.74) is 15.6. The molecule has 0 fully saturated rings. The first-order valence-corrected chi connectivity index (χ1v) is 15.2. The summed E-state index contributed by atoms with van der Waals surface area (Å²) < 4.78 is 15.2. The van der Waals surface area contributed by atoms with Gasteiger partial charge in [-0.2, -0.15) is 0 Å². The Labute approximate surface area is 259 Å². The number of ether oxygens (including phenoxy) is 1. The Hall–Kier alpha value is -6.00. The summed E-state index contributed by atoms with van der Waals surface area (Å²) in [5.74, 6) is 0.642. The fourth-order valence-electron chi connectivity index (χ4n) is 6.69. The van der Waals surface area contributed by atoms with E-state index in [2.05, 4.69) is 126 Å². The van der Waals surface area contributed by atoms with Crippen LogP contribution >= 0.6 is 0 Å². The monoisotopic (exact) mass is 580 g/mol. The van der Waals surface area contributed by atoms with E-state index in [1.807, 2.05) is 24.3 Å². The van der Waals surface area contributed by atoms with Crippen LogP contribution in [0, 0.1) is 0 Å². The summed E-state index contributed by atoms with van der Waals surface area (Å²) in [5, 5.41) is 6.72. The first kappa shape index (κ1) is 25.5. The van der Waals surface area contributed by atoms with Crippen LogP contribution in [0.3, 0.4) is 0 Å². The molecule has 0 spiro atoms. The lowest BCUT2D eigenvalue weighted by atomic mass is 9.98. The van der Waals surface area contributed by atoms with Crippen molar-refractivity contribution in [3.05, 3.63) is 151 Å². The van der Waals surface area contributed by atoms with Gasteiger partial charge in [-0.15, -0.1) is 0 Å². The Morgan fingerprint density at radius 3 is 2.00 bits per heavy atom. The molecule has 0 saturated carbocycles. The molecule has 2 N–H and O–H groups in total. The average molecular weight is 581 g/mol. The maximum atomic E-state index is 6.84. The van der Waals surface area contributed by atoms with E-state index in [4.69, 9.17) is 14.9 Å². The van der Waals surface area contributed by atoms with Crippen LogP contribution in [0.1, 0.15) is 5.56 Å². The van der Waals surface area contributed by atoms with Crippen LogP contribution in [-0.4, -0.2) is 4.57 Å². The Morgan fingerprint density at radius 2 is 1.24 bits per heavy atom. The van der Waals surface area contributed by atoms with Gasteiger partial charge in [-0.05, 0) is 64.4 Å². The Morgan fingerprint density at radius 1 is 0.600 bits per heavy atom. The lowest BCUT2D eigenvalue weighted by Gasteiger charge is -2.14. The average Bonchev–Trinajstić information content (AvgIpc) is 3.65. The molecule has 2 aromatic heterocycles. The molecule has 9 aromatic rings. The smallest absolute Gasteiger partial charge is 0.145 e. The molecule has 0 radical (unpaired) electrons. The summed E-state index contributed by atoms with van der Waals surface area (Å²) in [4.78, 5) is 0. The van der Waals surface area contributed by atoms with Crippen molar-refractivity contribution < 1.29 is 9.15 Å². The molecule has 0 unspecified atom stereocenters. The van der Waals surface area contributed by atoms with Crippen molar-refractivity contribution in [1.82, 2.24) is 4.57 Å². The second-order valence-corrected chi connectivity index (χ2v) is 11.5. The van der Waals surface area contributed by atoms with Gasteiger partial charge in [0.25, 0.3) is 0 Å². The van der Waals surface area contributed by atoms with Gasteiger partial charge >= 0.3 is 0 Å². The first-order valence-electron chi connectivity index (χ1n) is 15.2. The van der Waals surface area contributed by atoms with Crippen molar-refractivity contribution in [2.24, 2.45) is 0 Å². The lowest BCUT2D eigenvalue weighted by Crippen LogP contribution is -2.01. The molecule has 2 heterocycles. The van der Waals surface area contributed by atoms with Crippen molar-refractivity contribution >= 4 is 60.2 Å². The van der Waals surface area contributed by atoms with E-state index in [1.54, 1.807) is 0 Å². The minimum atomic E-state index is 0.385. The van der Waals surface area contributed by atoms with Crippen molar-refractivity contribution in [1.29, 1.82) is 0 Å². The number of para-hydroxylation sites is 3. The van der Waals surface area contributed by atoms with E-state index in [1.165, 1.54) is 32.6 Å². The molecule has 0 bridgehead atoms. The number of rotatable bonds is 5. The molecule has 0 aliphatic rings. The topological polar surface area (TPSA) is 53.3 Å². The van der Waals surface area contributed by atoms with Crippen LogP contribution in [0.15, 0.2) is 150 Å². The van der Waals surface area contributed by atoms with Gasteiger partial charge in [0.2, 0.25) is 0 Å². The van der Waals surface area contributed by atoms with Crippen molar-refractivity contribution in [3.8, 4) is 22.6 Å². The molecular formula is C41H28N2O2. The maximum absolute atomic E-state index is 6.84. The molecule has 0 saturated heterocycles. The third-order valence-corrected chi connectivity index (χ3v) is 8.88. The third-order valence-electron chi connectivity index (χ3n) is 8.88. The zero-order chi connectivity index (χ0) is 29.9. The summed E-state index contributed by atoms with van der Waals surface area (Å²) in [6, 6.07) is 50.6. The SMILES string of the molecule is Nc1c(OCc2ccc(-n3c4ccccc4c4ccccc43)cc2)cc(-c2ccc3ccccc3c2)c2oc3ccccc3c12. The number of benzene rings is 7. The number of nitrogens with two attached hydrogens (primary N) is 1. The second-order valence-electron chi connectivity index (χ2n) is 11.5. The predicted octanol–water partition coefficient (Wildman–Crippen LogP) is 10.7. The molecule has 4 nitrogen and oxygen atoms in total. The largest absolute Gasteiger partial charge is 0.487 e. The molecule has 0 amide bonds. The Bertz CT molecular complexity index is 2500. The predicted molar refractivity (Wildman–Crippen MR) is 186 cm³/mol.